The lowest BCUT2D eigenvalue weighted by atomic mass is 10.1. The molecular weight excluding hydrogens is 282 g/mol. The number of benzene rings is 1. The van der Waals surface area contributed by atoms with Gasteiger partial charge in [0.25, 0.3) is 0 Å². The van der Waals surface area contributed by atoms with Gasteiger partial charge in [0.2, 0.25) is 0 Å². The zero-order valence-electron chi connectivity index (χ0n) is 8.80. The van der Waals surface area contributed by atoms with Gasteiger partial charge in [-0.05, 0) is 19.1 Å². The summed E-state index contributed by atoms with van der Waals surface area (Å²) < 4.78 is 77.0. The first-order valence-corrected chi connectivity index (χ1v) is 6.49. The number of fused-ring (bicyclic) bond motifs is 1. The Morgan fingerprint density at radius 2 is 1.61 bits per heavy atom. The van der Waals surface area contributed by atoms with E-state index in [4.69, 9.17) is 0 Å². The van der Waals surface area contributed by atoms with Crippen LogP contribution in [0.25, 0.3) is 10.8 Å². The summed E-state index contributed by atoms with van der Waals surface area (Å²) in [4.78, 5) is -2.28. The maximum absolute atomic E-state index is 13.1. The third-order valence-electron chi connectivity index (χ3n) is 2.31. The first-order chi connectivity index (χ1) is 7.88. The Balaban J connectivity index is 3.03. The molecule has 0 N–H and O–H groups in total. The number of nitrogens with zero attached hydrogens (tertiary/aromatic N) is 2. The average molecular weight is 288 g/mol. The van der Waals surface area contributed by atoms with Gasteiger partial charge in [0, 0.05) is 10.8 Å². The number of aromatic nitrogens is 2. The Morgan fingerprint density at radius 1 is 1.00 bits per heavy atom. The van der Waals surface area contributed by atoms with Gasteiger partial charge in [0.05, 0.1) is 11.9 Å². The highest BCUT2D eigenvalue weighted by Crippen LogP contribution is 3.02. The third kappa shape index (κ3) is 2.22. The molecule has 0 spiro atoms. The van der Waals surface area contributed by atoms with Gasteiger partial charge in [-0.2, -0.15) is 10.2 Å². The van der Waals surface area contributed by atoms with Gasteiger partial charge in [0.15, 0.2) is 0 Å². The predicted molar refractivity (Wildman–Crippen MR) is 55.6 cm³/mol. The number of hydrogen-bond acceptors (Lipinski definition) is 2. The second-order valence-electron chi connectivity index (χ2n) is 3.76. The van der Waals surface area contributed by atoms with Crippen LogP contribution < -0.4 is 0 Å². The molecule has 0 aliphatic carbocycles. The minimum atomic E-state index is -9.97. The van der Waals surface area contributed by atoms with Crippen molar-refractivity contribution in [1.82, 2.24) is 10.2 Å². The van der Waals surface area contributed by atoms with Gasteiger partial charge >= 0.3 is 10.2 Å². The lowest BCUT2D eigenvalue weighted by molar-refractivity contribution is 0.364. The highest BCUT2D eigenvalue weighted by molar-refractivity contribution is 8.46. The van der Waals surface area contributed by atoms with Crippen LogP contribution in [-0.4, -0.2) is 10.2 Å². The highest BCUT2D eigenvalue weighted by Gasteiger charge is 2.66. The van der Waals surface area contributed by atoms with Gasteiger partial charge in [0.1, 0.15) is 10.7 Å². The van der Waals surface area contributed by atoms with Crippen LogP contribution in [0.4, 0.5) is 23.8 Å². The maximum atomic E-state index is 13.1. The highest BCUT2D eigenvalue weighted by atomic mass is 32.5. The molecule has 1 aromatic heterocycles. The zero-order chi connectivity index (χ0) is 13.8. The summed E-state index contributed by atoms with van der Waals surface area (Å²) in [6, 6.07) is 0.497. The summed E-state index contributed by atoms with van der Waals surface area (Å²) in [5, 5.41) is 5.39. The molecule has 0 bridgehead atoms. The lowest BCUT2D eigenvalue weighted by Crippen LogP contribution is -2.08. The van der Waals surface area contributed by atoms with Crippen LogP contribution in [-0.2, 0) is 0 Å². The SMILES string of the molecule is Cc1nncc2c(S(F)(F)(F)(F)F)cc(F)cc12. The van der Waals surface area contributed by atoms with E-state index in [9.17, 15) is 23.8 Å². The Hall–Kier alpha value is -1.51. The maximum Gasteiger partial charge on any atom is 0.311 e. The number of halogens is 6. The molecule has 0 fully saturated rings. The summed E-state index contributed by atoms with van der Waals surface area (Å²) in [7, 11) is -9.97. The largest absolute Gasteiger partial charge is 0.311 e. The quantitative estimate of drug-likeness (QED) is 0.709. The molecule has 1 aromatic carbocycles. The fourth-order valence-corrected chi connectivity index (χ4v) is 2.49. The summed E-state index contributed by atoms with van der Waals surface area (Å²) in [5.74, 6) is -1.40. The molecular formula is C9H6F6N2S. The van der Waals surface area contributed by atoms with Crippen molar-refractivity contribution in [3.05, 3.63) is 29.8 Å². The normalized spacial score (nSPS) is 16.4. The molecule has 100 valence electrons. The average Bonchev–Trinajstić information content (AvgIpc) is 2.15. The van der Waals surface area contributed by atoms with Crippen LogP contribution in [0.3, 0.4) is 0 Å². The smallest absolute Gasteiger partial charge is 0.207 e. The van der Waals surface area contributed by atoms with Crippen LogP contribution >= 0.6 is 10.2 Å². The first kappa shape index (κ1) is 12.9. The number of hydrogen-bond donors (Lipinski definition) is 0. The molecule has 2 aromatic rings. The molecule has 0 radical (unpaired) electrons. The molecule has 0 saturated carbocycles. The Kier molecular flexibility index (Phi) is 2.08. The third-order valence-corrected chi connectivity index (χ3v) is 3.48. The summed E-state index contributed by atoms with van der Waals surface area (Å²) in [5.41, 5.74) is -0.0601. The van der Waals surface area contributed by atoms with Crippen molar-refractivity contribution in [3.63, 3.8) is 0 Å². The van der Waals surface area contributed by atoms with Crippen LogP contribution in [0.1, 0.15) is 5.69 Å². The van der Waals surface area contributed by atoms with Crippen molar-refractivity contribution in [1.29, 1.82) is 0 Å². The van der Waals surface area contributed by atoms with E-state index in [0.717, 1.165) is 0 Å². The van der Waals surface area contributed by atoms with Crippen LogP contribution in [0.15, 0.2) is 23.2 Å². The summed E-state index contributed by atoms with van der Waals surface area (Å²) in [6.07, 6.45) is 0.551. The molecule has 18 heavy (non-hydrogen) atoms. The Bertz CT molecular complexity index is 651. The van der Waals surface area contributed by atoms with E-state index >= 15 is 0 Å². The number of aryl methyl sites for hydroxylation is 1. The lowest BCUT2D eigenvalue weighted by Gasteiger charge is -2.41. The Morgan fingerprint density at radius 3 is 2.17 bits per heavy atom. The van der Waals surface area contributed by atoms with Gasteiger partial charge in [-0.3, -0.25) is 0 Å². The summed E-state index contributed by atoms with van der Waals surface area (Å²) in [6.45, 7) is 1.25. The van der Waals surface area contributed by atoms with Crippen molar-refractivity contribution in [3.8, 4) is 0 Å². The van der Waals surface area contributed by atoms with Crippen LogP contribution in [0, 0.1) is 12.7 Å². The van der Waals surface area contributed by atoms with Crippen molar-refractivity contribution in [2.75, 3.05) is 0 Å². The first-order valence-electron chi connectivity index (χ1n) is 4.54. The monoisotopic (exact) mass is 288 g/mol. The molecule has 0 aliphatic heterocycles. The fourth-order valence-electron chi connectivity index (χ4n) is 1.57. The van der Waals surface area contributed by atoms with Crippen LogP contribution in [0.2, 0.25) is 0 Å². The molecule has 0 amide bonds. The standard InChI is InChI=1S/C9H6F6N2S/c1-5-7-2-6(10)3-9(8(7)4-16-17-5)18(11,12,13,14)15/h2-4H,1H3. The second kappa shape index (κ2) is 2.90. The van der Waals surface area contributed by atoms with Crippen molar-refractivity contribution < 1.29 is 23.8 Å². The van der Waals surface area contributed by atoms with Gasteiger partial charge in [-0.1, -0.05) is 19.4 Å². The topological polar surface area (TPSA) is 25.8 Å². The van der Waals surface area contributed by atoms with Crippen molar-refractivity contribution in [2.45, 2.75) is 11.8 Å². The van der Waals surface area contributed by atoms with Gasteiger partial charge in [-0.15, -0.1) is 0 Å². The molecule has 0 saturated heterocycles. The van der Waals surface area contributed by atoms with Crippen molar-refractivity contribution >= 4 is 21.0 Å². The van der Waals surface area contributed by atoms with E-state index in [0.29, 0.717) is 12.3 Å². The van der Waals surface area contributed by atoms with E-state index in [1.165, 1.54) is 6.92 Å². The molecule has 2 nitrogen and oxygen atoms in total. The van der Waals surface area contributed by atoms with E-state index < -0.39 is 26.3 Å². The minimum Gasteiger partial charge on any atom is -0.207 e. The van der Waals surface area contributed by atoms with E-state index in [1.807, 2.05) is 0 Å². The molecule has 2 rings (SSSR count). The van der Waals surface area contributed by atoms with Crippen LogP contribution in [0.5, 0.6) is 0 Å². The molecule has 1 heterocycles. The molecule has 0 atom stereocenters. The molecule has 9 heteroatoms. The van der Waals surface area contributed by atoms with Crippen molar-refractivity contribution in [2.24, 2.45) is 0 Å². The predicted octanol–water partition coefficient (Wildman–Crippen LogP) is 4.73. The molecule has 0 unspecified atom stereocenters. The van der Waals surface area contributed by atoms with Gasteiger partial charge < -0.3 is 0 Å². The minimum absolute atomic E-state index is 0.0601. The second-order valence-corrected chi connectivity index (χ2v) is 6.14. The van der Waals surface area contributed by atoms with E-state index in [-0.39, 0.29) is 17.1 Å². The molecule has 0 aliphatic rings. The van der Waals surface area contributed by atoms with Gasteiger partial charge in [-0.25, -0.2) is 4.39 Å². The zero-order valence-corrected chi connectivity index (χ0v) is 9.62. The van der Waals surface area contributed by atoms with E-state index in [2.05, 4.69) is 10.2 Å². The number of rotatable bonds is 1. The fraction of sp³-hybridized carbons (Fsp3) is 0.111. The van der Waals surface area contributed by atoms with E-state index in [1.54, 1.807) is 0 Å². The summed E-state index contributed by atoms with van der Waals surface area (Å²) >= 11 is 0. The Labute approximate surface area is 97.4 Å².